The molecule has 0 spiro atoms. The van der Waals surface area contributed by atoms with Crippen molar-refractivity contribution < 1.29 is 14.0 Å². The van der Waals surface area contributed by atoms with Crippen molar-refractivity contribution in [2.75, 3.05) is 6.54 Å². The Hall–Kier alpha value is -3.48. The minimum Gasteiger partial charge on any atom is -0.361 e. The Morgan fingerprint density at radius 2 is 1.88 bits per heavy atom. The second-order valence-electron chi connectivity index (χ2n) is 5.25. The largest absolute Gasteiger partial charge is 0.361 e. The molecule has 2 amide bonds. The number of hydrazone groups is 1. The highest BCUT2D eigenvalue weighted by molar-refractivity contribution is 5.99. The average molecular weight is 338 g/mol. The van der Waals surface area contributed by atoms with Crippen molar-refractivity contribution in [1.29, 1.82) is 0 Å². The van der Waals surface area contributed by atoms with Gasteiger partial charge < -0.3 is 10.3 Å². The van der Waals surface area contributed by atoms with E-state index in [1.807, 2.05) is 24.3 Å². The normalized spacial score (nSPS) is 10.9. The molecular formula is C18H15FN4O2. The molecule has 25 heavy (non-hydrogen) atoms. The molecule has 0 radical (unpaired) electrons. The lowest BCUT2D eigenvalue weighted by atomic mass is 10.2. The Kier molecular flexibility index (Phi) is 4.84. The molecule has 6 nitrogen and oxygen atoms in total. The lowest BCUT2D eigenvalue weighted by Crippen LogP contribution is -2.35. The molecule has 0 unspecified atom stereocenters. The van der Waals surface area contributed by atoms with E-state index in [4.69, 9.17) is 0 Å². The van der Waals surface area contributed by atoms with Crippen LogP contribution in [0.25, 0.3) is 10.9 Å². The number of fused-ring (bicyclic) bond motifs is 1. The third kappa shape index (κ3) is 3.89. The number of rotatable bonds is 5. The number of hydrogen-bond acceptors (Lipinski definition) is 3. The second-order valence-corrected chi connectivity index (χ2v) is 5.25. The Bertz CT molecular complexity index is 949. The molecule has 0 saturated heterocycles. The Morgan fingerprint density at radius 3 is 2.72 bits per heavy atom. The summed E-state index contributed by atoms with van der Waals surface area (Å²) in [5, 5.41) is 7.18. The number of benzene rings is 2. The highest BCUT2D eigenvalue weighted by Gasteiger charge is 2.11. The zero-order chi connectivity index (χ0) is 17.6. The quantitative estimate of drug-likeness (QED) is 0.492. The van der Waals surface area contributed by atoms with Gasteiger partial charge in [0.1, 0.15) is 5.82 Å². The molecule has 1 aromatic heterocycles. The van der Waals surface area contributed by atoms with Gasteiger partial charge in [0.05, 0.1) is 18.3 Å². The standard InChI is InChI=1S/C18H15FN4O2/c19-15-7-3-1-6-14(15)18(25)21-11-17(24)23-22-10-12-9-20-16-8-4-2-5-13(12)16/h1-10,20H,11H2,(H,21,25)(H,23,24)/b22-10+. The molecule has 0 bridgehead atoms. The van der Waals surface area contributed by atoms with Crippen molar-refractivity contribution in [2.45, 2.75) is 0 Å². The van der Waals surface area contributed by atoms with E-state index in [1.165, 1.54) is 24.4 Å². The molecule has 3 rings (SSSR count). The van der Waals surface area contributed by atoms with E-state index < -0.39 is 17.6 Å². The summed E-state index contributed by atoms with van der Waals surface area (Å²) in [6, 6.07) is 13.2. The minimum absolute atomic E-state index is 0.113. The van der Waals surface area contributed by atoms with Crippen LogP contribution in [-0.2, 0) is 4.79 Å². The second kappa shape index (κ2) is 7.39. The number of hydrogen-bond donors (Lipinski definition) is 3. The minimum atomic E-state index is -0.658. The topological polar surface area (TPSA) is 86.3 Å². The van der Waals surface area contributed by atoms with Gasteiger partial charge in [-0.3, -0.25) is 9.59 Å². The van der Waals surface area contributed by atoms with E-state index in [0.29, 0.717) is 0 Å². The molecule has 0 atom stereocenters. The summed E-state index contributed by atoms with van der Waals surface area (Å²) in [5.41, 5.74) is 3.99. The maximum atomic E-state index is 13.5. The number of nitrogens with one attached hydrogen (secondary N) is 3. The van der Waals surface area contributed by atoms with Gasteiger partial charge in [0.15, 0.2) is 0 Å². The number of nitrogens with zero attached hydrogens (tertiary/aromatic N) is 1. The van der Waals surface area contributed by atoms with Crippen LogP contribution in [0.2, 0.25) is 0 Å². The first-order valence-corrected chi connectivity index (χ1v) is 7.56. The molecule has 3 aromatic rings. The number of para-hydroxylation sites is 1. The Balaban J connectivity index is 1.53. The molecule has 3 N–H and O–H groups in total. The molecule has 126 valence electrons. The predicted molar refractivity (Wildman–Crippen MR) is 92.8 cm³/mol. The van der Waals surface area contributed by atoms with Crippen molar-refractivity contribution >= 4 is 28.9 Å². The fourth-order valence-electron chi connectivity index (χ4n) is 2.32. The van der Waals surface area contributed by atoms with Crippen LogP contribution in [0.15, 0.2) is 59.8 Å². The maximum absolute atomic E-state index is 13.5. The molecular weight excluding hydrogens is 323 g/mol. The SMILES string of the molecule is O=C(CNC(=O)c1ccccc1F)N/N=C/c1c[nH]c2ccccc12. The van der Waals surface area contributed by atoms with Gasteiger partial charge in [-0.2, -0.15) is 5.10 Å². The number of amides is 2. The predicted octanol–water partition coefficient (Wildman–Crippen LogP) is 2.19. The van der Waals surface area contributed by atoms with Crippen LogP contribution in [0.4, 0.5) is 4.39 Å². The first-order valence-electron chi connectivity index (χ1n) is 7.56. The number of halogens is 1. The van der Waals surface area contributed by atoms with Gasteiger partial charge in [-0.15, -0.1) is 0 Å². The molecule has 2 aromatic carbocycles. The van der Waals surface area contributed by atoms with Crippen molar-refractivity contribution in [3.05, 3.63) is 71.7 Å². The number of carbonyl (C=O) groups excluding carboxylic acids is 2. The fraction of sp³-hybridized carbons (Fsp3) is 0.0556. The van der Waals surface area contributed by atoms with Crippen LogP contribution < -0.4 is 10.7 Å². The van der Waals surface area contributed by atoms with Gasteiger partial charge in [-0.1, -0.05) is 30.3 Å². The monoisotopic (exact) mass is 338 g/mol. The first kappa shape index (κ1) is 16.4. The lowest BCUT2D eigenvalue weighted by molar-refractivity contribution is -0.120. The van der Waals surface area contributed by atoms with Gasteiger partial charge in [-0.25, -0.2) is 9.82 Å². The van der Waals surface area contributed by atoms with E-state index >= 15 is 0 Å². The van der Waals surface area contributed by atoms with E-state index in [0.717, 1.165) is 16.5 Å². The number of aromatic amines is 1. The van der Waals surface area contributed by atoms with Crippen LogP contribution >= 0.6 is 0 Å². The zero-order valence-electron chi connectivity index (χ0n) is 13.1. The van der Waals surface area contributed by atoms with Gasteiger partial charge in [0, 0.05) is 22.7 Å². The van der Waals surface area contributed by atoms with Crippen LogP contribution in [0.1, 0.15) is 15.9 Å². The zero-order valence-corrected chi connectivity index (χ0v) is 13.1. The number of carbonyl (C=O) groups is 2. The van der Waals surface area contributed by atoms with Gasteiger partial charge >= 0.3 is 0 Å². The molecule has 0 aliphatic rings. The molecule has 7 heteroatoms. The number of H-pyrrole nitrogens is 1. The summed E-state index contributed by atoms with van der Waals surface area (Å²) in [5.74, 6) is -1.81. The van der Waals surface area contributed by atoms with Crippen LogP contribution in [0, 0.1) is 5.82 Å². The maximum Gasteiger partial charge on any atom is 0.259 e. The smallest absolute Gasteiger partial charge is 0.259 e. The summed E-state index contributed by atoms with van der Waals surface area (Å²) in [4.78, 5) is 26.6. The third-order valence-electron chi connectivity index (χ3n) is 3.54. The van der Waals surface area contributed by atoms with Crippen LogP contribution in [0.5, 0.6) is 0 Å². The van der Waals surface area contributed by atoms with E-state index in [2.05, 4.69) is 20.8 Å². The third-order valence-corrected chi connectivity index (χ3v) is 3.54. The molecule has 0 saturated carbocycles. The fourth-order valence-corrected chi connectivity index (χ4v) is 2.32. The van der Waals surface area contributed by atoms with E-state index in [-0.39, 0.29) is 12.1 Å². The molecule has 0 aliphatic carbocycles. The van der Waals surface area contributed by atoms with Crippen LogP contribution in [0.3, 0.4) is 0 Å². The summed E-state index contributed by atoms with van der Waals surface area (Å²) < 4.78 is 13.5. The van der Waals surface area contributed by atoms with Crippen LogP contribution in [-0.4, -0.2) is 29.6 Å². The highest BCUT2D eigenvalue weighted by atomic mass is 19.1. The molecule has 1 heterocycles. The number of aromatic nitrogens is 1. The molecule has 0 fully saturated rings. The summed E-state index contributed by atoms with van der Waals surface area (Å²) >= 11 is 0. The first-order chi connectivity index (χ1) is 12.1. The summed E-state index contributed by atoms with van der Waals surface area (Å²) in [6.45, 7) is -0.307. The molecule has 0 aliphatic heterocycles. The highest BCUT2D eigenvalue weighted by Crippen LogP contribution is 2.15. The summed E-state index contributed by atoms with van der Waals surface area (Å²) in [7, 11) is 0. The lowest BCUT2D eigenvalue weighted by Gasteiger charge is -2.04. The summed E-state index contributed by atoms with van der Waals surface area (Å²) in [6.07, 6.45) is 3.29. The van der Waals surface area contributed by atoms with Crippen molar-refractivity contribution in [2.24, 2.45) is 5.10 Å². The Labute approximate surface area is 142 Å². The van der Waals surface area contributed by atoms with Crippen molar-refractivity contribution in [3.8, 4) is 0 Å². The van der Waals surface area contributed by atoms with Crippen molar-refractivity contribution in [1.82, 2.24) is 15.7 Å². The average Bonchev–Trinajstić information content (AvgIpc) is 3.03. The Morgan fingerprint density at radius 1 is 1.12 bits per heavy atom. The van der Waals surface area contributed by atoms with E-state index in [1.54, 1.807) is 12.3 Å². The van der Waals surface area contributed by atoms with Gasteiger partial charge in [0.25, 0.3) is 11.8 Å². The van der Waals surface area contributed by atoms with Gasteiger partial charge in [0.2, 0.25) is 0 Å². The van der Waals surface area contributed by atoms with Crippen molar-refractivity contribution in [3.63, 3.8) is 0 Å². The van der Waals surface area contributed by atoms with Gasteiger partial charge in [-0.05, 0) is 18.2 Å². The van der Waals surface area contributed by atoms with E-state index in [9.17, 15) is 14.0 Å².